The summed E-state index contributed by atoms with van der Waals surface area (Å²) in [6.07, 6.45) is 0.657. The van der Waals surface area contributed by atoms with Gasteiger partial charge in [0, 0.05) is 22.3 Å². The van der Waals surface area contributed by atoms with Crippen LogP contribution in [0.25, 0.3) is 5.57 Å². The number of hydrogen-bond acceptors (Lipinski definition) is 3. The maximum atomic E-state index is 13.2. The smallest absolute Gasteiger partial charge is 0.190 e. The van der Waals surface area contributed by atoms with Gasteiger partial charge >= 0.3 is 0 Å². The Morgan fingerprint density at radius 1 is 1.00 bits per heavy atom. The summed E-state index contributed by atoms with van der Waals surface area (Å²) in [6.45, 7) is 6.59. The van der Waals surface area contributed by atoms with Crippen molar-refractivity contribution in [3.8, 4) is 0 Å². The molecule has 0 saturated carbocycles. The molecular weight excluding hydrogens is 295 g/mol. The summed E-state index contributed by atoms with van der Waals surface area (Å²) >= 11 is 0. The average molecular weight is 316 g/mol. The Morgan fingerprint density at radius 3 is 2.04 bits per heavy atom. The first-order valence-corrected chi connectivity index (χ1v) is 7.60. The largest absolute Gasteiger partial charge is 0.390 e. The molecule has 0 heterocycles. The van der Waals surface area contributed by atoms with E-state index in [0.717, 1.165) is 0 Å². The lowest BCUT2D eigenvalue weighted by Crippen LogP contribution is -2.24. The summed E-state index contributed by atoms with van der Waals surface area (Å²) in [5.41, 5.74) is 1.17. The van der Waals surface area contributed by atoms with Crippen LogP contribution in [0.3, 0.4) is 0 Å². The zero-order chi connectivity index (χ0) is 17.4. The maximum absolute atomic E-state index is 13.2. The van der Waals surface area contributed by atoms with Crippen LogP contribution >= 0.6 is 0 Å². The Hall–Kier alpha value is -2.07. The molecule has 0 aliphatic heterocycles. The molecule has 122 valence electrons. The third-order valence-electron chi connectivity index (χ3n) is 4.17. The molecule has 3 nitrogen and oxygen atoms in total. The molecule has 0 fully saturated rings. The van der Waals surface area contributed by atoms with Crippen molar-refractivity contribution >= 4 is 17.1 Å². The van der Waals surface area contributed by atoms with Crippen LogP contribution in [0, 0.1) is 5.82 Å². The normalized spacial score (nSPS) is 16.4. The fourth-order valence-corrected chi connectivity index (χ4v) is 2.60. The fourth-order valence-electron chi connectivity index (χ4n) is 2.60. The highest BCUT2D eigenvalue weighted by atomic mass is 19.1. The molecule has 2 rings (SSSR count). The van der Waals surface area contributed by atoms with E-state index in [1.807, 2.05) is 0 Å². The Bertz CT molecular complexity index is 716. The lowest BCUT2D eigenvalue weighted by atomic mass is 9.79. The highest BCUT2D eigenvalue weighted by molar-refractivity contribution is 6.39. The van der Waals surface area contributed by atoms with Gasteiger partial charge in [-0.1, -0.05) is 12.1 Å². The minimum Gasteiger partial charge on any atom is -0.390 e. The number of ketones is 2. The highest BCUT2D eigenvalue weighted by Crippen LogP contribution is 2.34. The monoisotopic (exact) mass is 316 g/mol. The van der Waals surface area contributed by atoms with Crippen molar-refractivity contribution in [2.24, 2.45) is 0 Å². The summed E-state index contributed by atoms with van der Waals surface area (Å²) in [5.74, 6) is -0.782. The minimum atomic E-state index is -0.936. The van der Waals surface area contributed by atoms with Gasteiger partial charge in [-0.05, 0) is 58.2 Å². The third kappa shape index (κ3) is 3.64. The molecule has 0 bridgehead atoms. The zero-order valence-electron chi connectivity index (χ0n) is 13.9. The maximum Gasteiger partial charge on any atom is 0.190 e. The van der Waals surface area contributed by atoms with Crippen LogP contribution in [0.4, 0.5) is 4.39 Å². The van der Waals surface area contributed by atoms with Crippen LogP contribution < -0.4 is 0 Å². The second-order valence-corrected chi connectivity index (χ2v) is 6.58. The van der Waals surface area contributed by atoms with Crippen molar-refractivity contribution in [1.29, 1.82) is 0 Å². The van der Waals surface area contributed by atoms with E-state index in [1.54, 1.807) is 27.7 Å². The van der Waals surface area contributed by atoms with Gasteiger partial charge in [0.15, 0.2) is 11.6 Å². The van der Waals surface area contributed by atoms with Crippen LogP contribution in [0.1, 0.15) is 46.1 Å². The van der Waals surface area contributed by atoms with E-state index >= 15 is 0 Å². The van der Waals surface area contributed by atoms with Crippen molar-refractivity contribution in [3.05, 3.63) is 52.4 Å². The molecular formula is C19H21FO3. The average Bonchev–Trinajstić information content (AvgIpc) is 2.47. The molecule has 0 amide bonds. The van der Waals surface area contributed by atoms with Crippen molar-refractivity contribution in [1.82, 2.24) is 0 Å². The van der Waals surface area contributed by atoms with E-state index in [-0.39, 0.29) is 11.6 Å². The molecule has 0 spiro atoms. The predicted octanol–water partition coefficient (Wildman–Crippen LogP) is 3.62. The number of allylic oxidation sites excluding steroid dienone is 4. The topological polar surface area (TPSA) is 54.4 Å². The number of carbonyl (C=O) groups is 2. The second-order valence-electron chi connectivity index (χ2n) is 6.58. The van der Waals surface area contributed by atoms with Crippen molar-refractivity contribution in [2.45, 2.75) is 46.1 Å². The van der Waals surface area contributed by atoms with Gasteiger partial charge in [-0.15, -0.1) is 0 Å². The zero-order valence-corrected chi connectivity index (χ0v) is 13.9. The summed E-state index contributed by atoms with van der Waals surface area (Å²) < 4.78 is 13.2. The van der Waals surface area contributed by atoms with E-state index in [2.05, 4.69) is 0 Å². The Labute approximate surface area is 135 Å². The first kappa shape index (κ1) is 17.3. The molecule has 1 N–H and O–H groups in total. The predicted molar refractivity (Wildman–Crippen MR) is 87.2 cm³/mol. The first-order chi connectivity index (χ1) is 10.6. The van der Waals surface area contributed by atoms with Gasteiger partial charge < -0.3 is 5.11 Å². The molecule has 23 heavy (non-hydrogen) atoms. The van der Waals surface area contributed by atoms with Crippen molar-refractivity contribution in [3.63, 3.8) is 0 Å². The summed E-state index contributed by atoms with van der Waals surface area (Å²) in [5, 5.41) is 9.93. The Kier molecular flexibility index (Phi) is 4.66. The molecule has 1 aliphatic rings. The molecule has 1 aromatic carbocycles. The summed E-state index contributed by atoms with van der Waals surface area (Å²) in [4.78, 5) is 25.3. The van der Waals surface area contributed by atoms with Crippen LogP contribution in [0.2, 0.25) is 0 Å². The van der Waals surface area contributed by atoms with Gasteiger partial charge in [0.2, 0.25) is 0 Å². The van der Waals surface area contributed by atoms with Gasteiger partial charge in [-0.2, -0.15) is 0 Å². The fraction of sp³-hybridized carbons (Fsp3) is 0.368. The molecule has 0 aromatic heterocycles. The molecule has 0 unspecified atom stereocenters. The van der Waals surface area contributed by atoms with Crippen molar-refractivity contribution in [2.75, 3.05) is 0 Å². The summed E-state index contributed by atoms with van der Waals surface area (Å²) in [7, 11) is 0. The standard InChI is InChI=1S/C19H21FO3/c1-11-12(2)18(22)16(13-5-7-14(20)8-6-13)15(17(11)21)9-10-19(3,4)23/h5-8,23H,9-10H2,1-4H3. The van der Waals surface area contributed by atoms with Gasteiger partial charge in [0.1, 0.15) is 5.82 Å². The van der Waals surface area contributed by atoms with Gasteiger partial charge in [-0.25, -0.2) is 4.39 Å². The van der Waals surface area contributed by atoms with E-state index in [9.17, 15) is 19.1 Å². The first-order valence-electron chi connectivity index (χ1n) is 7.60. The van der Waals surface area contributed by atoms with E-state index in [0.29, 0.717) is 40.7 Å². The SMILES string of the molecule is CC1=C(C)C(=O)C(c2ccc(F)cc2)=C(CCC(C)(C)O)C1=O. The minimum absolute atomic E-state index is 0.175. The Morgan fingerprint density at radius 2 is 1.52 bits per heavy atom. The molecule has 0 atom stereocenters. The quantitative estimate of drug-likeness (QED) is 0.863. The second kappa shape index (κ2) is 6.20. The highest BCUT2D eigenvalue weighted by Gasteiger charge is 2.31. The van der Waals surface area contributed by atoms with Crippen LogP contribution in [0.15, 0.2) is 41.0 Å². The number of rotatable bonds is 4. The molecule has 0 radical (unpaired) electrons. The van der Waals surface area contributed by atoms with Gasteiger partial charge in [0.25, 0.3) is 0 Å². The molecule has 4 heteroatoms. The van der Waals surface area contributed by atoms with E-state index in [1.165, 1.54) is 24.3 Å². The number of benzene rings is 1. The van der Waals surface area contributed by atoms with Crippen LogP contribution in [-0.2, 0) is 9.59 Å². The number of carbonyl (C=O) groups excluding carboxylic acids is 2. The van der Waals surface area contributed by atoms with Gasteiger partial charge in [0.05, 0.1) is 5.60 Å². The van der Waals surface area contributed by atoms with Gasteiger partial charge in [-0.3, -0.25) is 9.59 Å². The Balaban J connectivity index is 2.55. The number of hydrogen-bond donors (Lipinski definition) is 1. The molecule has 1 aliphatic carbocycles. The summed E-state index contributed by atoms with van der Waals surface area (Å²) in [6, 6.07) is 5.56. The van der Waals surface area contributed by atoms with E-state index < -0.39 is 11.4 Å². The lowest BCUT2D eigenvalue weighted by molar-refractivity contribution is -0.115. The lowest BCUT2D eigenvalue weighted by Gasteiger charge is -2.24. The number of aliphatic hydroxyl groups is 1. The van der Waals surface area contributed by atoms with Crippen LogP contribution in [0.5, 0.6) is 0 Å². The van der Waals surface area contributed by atoms with E-state index in [4.69, 9.17) is 0 Å². The van der Waals surface area contributed by atoms with Crippen LogP contribution in [-0.4, -0.2) is 22.3 Å². The van der Waals surface area contributed by atoms with Crippen molar-refractivity contribution < 1.29 is 19.1 Å². The molecule has 0 saturated heterocycles. The number of halogens is 1. The molecule has 1 aromatic rings. The number of Topliss-reactive ketones (excluding diaryl/α,β-unsaturated/α-hetero) is 2. The third-order valence-corrected chi connectivity index (χ3v) is 4.17.